The Morgan fingerprint density at radius 1 is 0.731 bits per heavy atom. The number of carboxylic acids is 1. The van der Waals surface area contributed by atoms with Crippen molar-refractivity contribution < 1.29 is 22.9 Å². The van der Waals surface area contributed by atoms with Gasteiger partial charge in [0.25, 0.3) is 0 Å². The first-order valence-corrected chi connectivity index (χ1v) is 13.5. The van der Waals surface area contributed by atoms with Crippen LogP contribution in [0.1, 0.15) is 110 Å². The van der Waals surface area contributed by atoms with Gasteiger partial charge in [-0.15, -0.1) is 0 Å². The van der Waals surface area contributed by atoms with Crippen molar-refractivity contribution >= 4 is 44.0 Å². The van der Waals surface area contributed by atoms with E-state index in [0.29, 0.717) is 34.4 Å². The molecule has 0 heterocycles. The van der Waals surface area contributed by atoms with Crippen LogP contribution < -0.4 is 0 Å². The van der Waals surface area contributed by atoms with Crippen LogP contribution in [0, 0.1) is 0 Å². The van der Waals surface area contributed by atoms with Gasteiger partial charge in [-0.3, -0.25) is 4.79 Å². The summed E-state index contributed by atoms with van der Waals surface area (Å²) in [7, 11) is -3.60. The van der Waals surface area contributed by atoms with E-state index in [2.05, 4.69) is 6.92 Å². The molecule has 0 atom stereocenters. The van der Waals surface area contributed by atoms with Gasteiger partial charge in [0.2, 0.25) is 0 Å². The number of unbranched alkanes of at least 4 members (excludes halogenated alkanes) is 14. The summed E-state index contributed by atoms with van der Waals surface area (Å²) in [6, 6.07) is 0. The Kier molecular flexibility index (Phi) is 23.8. The molecule has 26 heavy (non-hydrogen) atoms. The molecule has 0 fully saturated rings. The van der Waals surface area contributed by atoms with Gasteiger partial charge in [0.05, 0.1) is 0 Å². The van der Waals surface area contributed by atoms with Crippen molar-refractivity contribution in [3.63, 3.8) is 0 Å². The maximum absolute atomic E-state index is 10.3. The van der Waals surface area contributed by atoms with Crippen LogP contribution in [-0.4, -0.2) is 55.0 Å². The van der Waals surface area contributed by atoms with Gasteiger partial charge in [-0.25, -0.2) is 0 Å². The van der Waals surface area contributed by atoms with Crippen LogP contribution in [-0.2, 0) is 14.9 Å². The fraction of sp³-hybridized carbons (Fsp3) is 0.947. The molecule has 0 saturated heterocycles. The molecule has 0 spiro atoms. The second kappa shape index (κ2) is 21.7. The number of rotatable bonds is 17. The topological polar surface area (TPSA) is 91.7 Å². The maximum atomic E-state index is 10.3. The number of carboxylic acid groups (broad SMARTS) is 1. The molecule has 2 N–H and O–H groups in total. The second-order valence-corrected chi connectivity index (χ2v) is 10.4. The molecule has 0 unspecified atom stereocenters. The average Bonchev–Trinajstić information content (AvgIpc) is 2.58. The predicted octanol–water partition coefficient (Wildman–Crippen LogP) is 5.33. The number of aliphatic carboxylic acids is 1. The van der Waals surface area contributed by atoms with Crippen LogP contribution in [0.3, 0.4) is 0 Å². The van der Waals surface area contributed by atoms with E-state index in [1.807, 2.05) is 0 Å². The van der Waals surface area contributed by atoms with Crippen molar-refractivity contribution in [3.05, 3.63) is 0 Å². The zero-order valence-electron chi connectivity index (χ0n) is 17.0. The van der Waals surface area contributed by atoms with E-state index >= 15 is 0 Å². The van der Waals surface area contributed by atoms with Crippen LogP contribution in [0.4, 0.5) is 0 Å². The van der Waals surface area contributed by atoms with Gasteiger partial charge in [0.15, 0.2) is 0 Å². The van der Waals surface area contributed by atoms with Crippen molar-refractivity contribution in [1.82, 2.24) is 0 Å². The fourth-order valence-electron chi connectivity index (χ4n) is 2.65. The molecule has 7 heteroatoms. The molecule has 0 aliphatic rings. The van der Waals surface area contributed by atoms with E-state index in [-0.39, 0.29) is 3.00 Å². The zero-order chi connectivity index (χ0) is 20.1. The minimum atomic E-state index is -3.60. The first-order chi connectivity index (χ1) is 12.3. The molecule has 0 rings (SSSR count). The molecule has 0 aromatic carbocycles. The third-order valence-corrected chi connectivity index (χ3v) is 7.28. The second-order valence-electron chi connectivity index (χ2n) is 6.96. The third kappa shape index (κ3) is 32.1. The normalized spacial score (nSPS) is 11.1. The summed E-state index contributed by atoms with van der Waals surface area (Å²) < 4.78 is 27.0. The predicted molar refractivity (Wildman–Crippen MR) is 109 cm³/mol. The molecular weight excluding hydrogens is 363 g/mol. The van der Waals surface area contributed by atoms with Gasteiger partial charge in [0.1, 0.15) is 0 Å². The molecule has 0 aliphatic carbocycles. The number of hydrogen-bond donors (Lipinski definition) is 2. The summed E-state index contributed by atoms with van der Waals surface area (Å²) in [5, 5.41) is 8.52. The molecule has 0 saturated carbocycles. The Balaban J connectivity index is 0. The molecule has 5 nitrogen and oxygen atoms in total. The SMILES string of the molecule is CCCCCCCCCCCCCCCCCC(=O)O.O=S(=O)(O)[CH2][Na]. The van der Waals surface area contributed by atoms with Gasteiger partial charge in [-0.2, -0.15) is 0 Å². The Labute approximate surface area is 178 Å². The van der Waals surface area contributed by atoms with Crippen molar-refractivity contribution in [2.75, 3.05) is 3.00 Å². The monoisotopic (exact) mass is 402 g/mol. The van der Waals surface area contributed by atoms with E-state index in [0.717, 1.165) is 12.8 Å². The summed E-state index contributed by atoms with van der Waals surface area (Å²) in [6.45, 7) is 2.27. The van der Waals surface area contributed by atoms with E-state index in [1.165, 1.54) is 83.5 Å². The van der Waals surface area contributed by atoms with Crippen molar-refractivity contribution in [2.24, 2.45) is 0 Å². The van der Waals surface area contributed by atoms with Crippen molar-refractivity contribution in [1.29, 1.82) is 0 Å². The third-order valence-electron chi connectivity index (χ3n) is 4.36. The Hall–Kier alpha value is 0.380. The summed E-state index contributed by atoms with van der Waals surface area (Å²) in [4.78, 5) is 10.3. The standard InChI is InChI=1S/C18H36O2.CH3O3S.Na/c1-2-3-4-5-6-7-8-9-10-11-12-13-14-15-16-17-18(19)20;1-5(2,3)4;/h2-17H2,1H3,(H,19,20);1H2,(H,2,3,4);. The number of hydrogen-bond acceptors (Lipinski definition) is 3. The zero-order valence-corrected chi connectivity index (χ0v) is 19.9. The molecule has 0 aromatic heterocycles. The summed E-state index contributed by atoms with van der Waals surface area (Å²) in [6.07, 6.45) is 20.2. The molecule has 0 radical (unpaired) electrons. The average molecular weight is 403 g/mol. The first-order valence-electron chi connectivity index (χ1n) is 10.5. The summed E-state index contributed by atoms with van der Waals surface area (Å²) in [5.41, 5.74) is 0. The summed E-state index contributed by atoms with van der Waals surface area (Å²) in [5.74, 6) is -0.653. The summed E-state index contributed by atoms with van der Waals surface area (Å²) >= 11 is 0.510. The van der Waals surface area contributed by atoms with Crippen LogP contribution in [0.2, 0.25) is 0 Å². The van der Waals surface area contributed by atoms with Gasteiger partial charge >= 0.3 is 60.0 Å². The molecule has 152 valence electrons. The van der Waals surface area contributed by atoms with E-state index in [1.54, 1.807) is 0 Å². The van der Waals surface area contributed by atoms with E-state index in [4.69, 9.17) is 9.66 Å². The first kappa shape index (κ1) is 28.6. The minimum absolute atomic E-state index is 0.0625. The van der Waals surface area contributed by atoms with Gasteiger partial charge in [-0.1, -0.05) is 96.8 Å². The Bertz CT molecular complexity index is 399. The molecular formula is C19H39NaO5S. The molecule has 0 aliphatic heterocycles. The van der Waals surface area contributed by atoms with Crippen LogP contribution >= 0.6 is 0 Å². The van der Waals surface area contributed by atoms with Gasteiger partial charge < -0.3 is 5.11 Å². The van der Waals surface area contributed by atoms with Crippen molar-refractivity contribution in [2.45, 2.75) is 110 Å². The Morgan fingerprint density at radius 3 is 1.23 bits per heavy atom. The van der Waals surface area contributed by atoms with Gasteiger partial charge in [0, 0.05) is 6.42 Å². The molecule has 0 amide bonds. The van der Waals surface area contributed by atoms with Gasteiger partial charge in [-0.05, 0) is 6.42 Å². The Morgan fingerprint density at radius 2 is 1.00 bits per heavy atom. The van der Waals surface area contributed by atoms with Crippen LogP contribution in [0.15, 0.2) is 0 Å². The van der Waals surface area contributed by atoms with Crippen molar-refractivity contribution in [3.8, 4) is 0 Å². The van der Waals surface area contributed by atoms with E-state index in [9.17, 15) is 13.2 Å². The fourth-order valence-corrected chi connectivity index (χ4v) is 2.65. The van der Waals surface area contributed by atoms with E-state index < -0.39 is 16.1 Å². The number of carbonyl (C=O) groups is 1. The van der Waals surface area contributed by atoms with Crippen LogP contribution in [0.25, 0.3) is 0 Å². The molecule has 0 aromatic rings. The molecule has 0 bridgehead atoms. The quantitative estimate of drug-likeness (QED) is 0.195. The van der Waals surface area contributed by atoms with Crippen LogP contribution in [0.5, 0.6) is 0 Å².